The first-order chi connectivity index (χ1) is 12.0. The molecule has 5 heteroatoms. The van der Waals surface area contributed by atoms with Gasteiger partial charge in [-0.25, -0.2) is 9.66 Å². The highest BCUT2D eigenvalue weighted by Crippen LogP contribution is 2.27. The fourth-order valence-electron chi connectivity index (χ4n) is 2.78. The van der Waals surface area contributed by atoms with Crippen LogP contribution in [-0.2, 0) is 0 Å². The first kappa shape index (κ1) is 16.8. The standard InChI is InChI=1S/C20H23N5/c1-15(2)25(18-7-5-4-6-8-18)19-11-9-17(10-12-19)13-22-24-14-16(3)23-20(24)21/h4-15H,1-3H3,(H2,21,23). The van der Waals surface area contributed by atoms with Gasteiger partial charge in [-0.05, 0) is 50.6 Å². The zero-order chi connectivity index (χ0) is 17.8. The van der Waals surface area contributed by atoms with E-state index in [0.29, 0.717) is 12.0 Å². The third-order valence-electron chi connectivity index (χ3n) is 3.89. The normalized spacial score (nSPS) is 11.4. The summed E-state index contributed by atoms with van der Waals surface area (Å²) in [5.74, 6) is 0.389. The number of imidazole rings is 1. The van der Waals surface area contributed by atoms with E-state index in [2.05, 4.69) is 77.4 Å². The van der Waals surface area contributed by atoms with E-state index < -0.39 is 0 Å². The van der Waals surface area contributed by atoms with Gasteiger partial charge in [-0.3, -0.25) is 0 Å². The maximum absolute atomic E-state index is 5.80. The lowest BCUT2D eigenvalue weighted by Crippen LogP contribution is -2.25. The van der Waals surface area contributed by atoms with Gasteiger partial charge in [0.2, 0.25) is 5.95 Å². The summed E-state index contributed by atoms with van der Waals surface area (Å²) < 4.78 is 1.58. The van der Waals surface area contributed by atoms with Crippen LogP contribution in [0.15, 0.2) is 65.9 Å². The van der Waals surface area contributed by atoms with E-state index in [0.717, 1.165) is 16.9 Å². The van der Waals surface area contributed by atoms with Crippen LogP contribution in [-0.4, -0.2) is 21.9 Å². The highest BCUT2D eigenvalue weighted by atomic mass is 15.4. The molecule has 0 aliphatic heterocycles. The molecule has 0 bridgehead atoms. The number of hydrogen-bond donors (Lipinski definition) is 1. The Kier molecular flexibility index (Phi) is 4.84. The van der Waals surface area contributed by atoms with E-state index in [-0.39, 0.29) is 0 Å². The number of nitrogens with zero attached hydrogens (tertiary/aromatic N) is 4. The van der Waals surface area contributed by atoms with Gasteiger partial charge in [0.25, 0.3) is 0 Å². The summed E-state index contributed by atoms with van der Waals surface area (Å²) in [7, 11) is 0. The van der Waals surface area contributed by atoms with Gasteiger partial charge in [0, 0.05) is 17.4 Å². The molecule has 25 heavy (non-hydrogen) atoms. The Bertz CT molecular complexity index is 848. The van der Waals surface area contributed by atoms with Crippen LogP contribution in [0.5, 0.6) is 0 Å². The van der Waals surface area contributed by atoms with Crippen LogP contribution < -0.4 is 10.6 Å². The van der Waals surface area contributed by atoms with Gasteiger partial charge < -0.3 is 10.6 Å². The molecule has 0 spiro atoms. The number of para-hydroxylation sites is 1. The number of benzene rings is 2. The van der Waals surface area contributed by atoms with Gasteiger partial charge in [0.1, 0.15) is 0 Å². The second-order valence-corrected chi connectivity index (χ2v) is 6.22. The highest BCUT2D eigenvalue weighted by Gasteiger charge is 2.12. The molecular weight excluding hydrogens is 310 g/mol. The van der Waals surface area contributed by atoms with Crippen molar-refractivity contribution < 1.29 is 0 Å². The lowest BCUT2D eigenvalue weighted by atomic mass is 10.1. The fraction of sp³-hybridized carbons (Fsp3) is 0.200. The summed E-state index contributed by atoms with van der Waals surface area (Å²) in [6.45, 7) is 6.26. The SMILES string of the molecule is Cc1cn(N=Cc2ccc(N(c3ccccc3)C(C)C)cc2)c(N)n1. The second kappa shape index (κ2) is 7.21. The Labute approximate surface area is 148 Å². The highest BCUT2D eigenvalue weighted by molar-refractivity contribution is 5.81. The van der Waals surface area contributed by atoms with Crippen LogP contribution in [0.1, 0.15) is 25.1 Å². The summed E-state index contributed by atoms with van der Waals surface area (Å²) in [5.41, 5.74) is 9.98. The van der Waals surface area contributed by atoms with E-state index in [1.807, 2.05) is 13.0 Å². The summed E-state index contributed by atoms with van der Waals surface area (Å²) in [4.78, 5) is 6.44. The molecule has 0 radical (unpaired) electrons. The molecule has 0 aliphatic carbocycles. The van der Waals surface area contributed by atoms with Gasteiger partial charge in [-0.15, -0.1) is 0 Å². The summed E-state index contributed by atoms with van der Waals surface area (Å²) >= 11 is 0. The third-order valence-corrected chi connectivity index (χ3v) is 3.89. The van der Waals surface area contributed by atoms with Crippen LogP contribution >= 0.6 is 0 Å². The smallest absolute Gasteiger partial charge is 0.221 e. The molecule has 0 unspecified atom stereocenters. The fourth-order valence-corrected chi connectivity index (χ4v) is 2.78. The molecule has 0 saturated heterocycles. The number of aryl methyl sites for hydroxylation is 1. The minimum atomic E-state index is 0.357. The molecule has 0 saturated carbocycles. The molecule has 1 heterocycles. The number of anilines is 3. The average Bonchev–Trinajstić information content (AvgIpc) is 2.92. The molecule has 5 nitrogen and oxygen atoms in total. The van der Waals surface area contributed by atoms with Crippen molar-refractivity contribution in [3.8, 4) is 0 Å². The van der Waals surface area contributed by atoms with Crippen LogP contribution in [0.4, 0.5) is 17.3 Å². The van der Waals surface area contributed by atoms with Crippen molar-refractivity contribution in [1.82, 2.24) is 9.66 Å². The molecule has 0 atom stereocenters. The Morgan fingerprint density at radius 1 is 1.04 bits per heavy atom. The second-order valence-electron chi connectivity index (χ2n) is 6.22. The zero-order valence-corrected chi connectivity index (χ0v) is 14.8. The Morgan fingerprint density at radius 3 is 2.24 bits per heavy atom. The van der Waals surface area contributed by atoms with Gasteiger partial charge in [0.15, 0.2) is 0 Å². The largest absolute Gasteiger partial charge is 0.368 e. The molecule has 1 aromatic heterocycles. The molecule has 2 N–H and O–H groups in total. The number of hydrogen-bond acceptors (Lipinski definition) is 4. The molecule has 0 amide bonds. The summed E-state index contributed by atoms with van der Waals surface area (Å²) in [6, 6.07) is 19.1. The summed E-state index contributed by atoms with van der Waals surface area (Å²) in [6.07, 6.45) is 3.58. The summed E-state index contributed by atoms with van der Waals surface area (Å²) in [5, 5.41) is 4.36. The van der Waals surface area contributed by atoms with Gasteiger partial charge >= 0.3 is 0 Å². The van der Waals surface area contributed by atoms with E-state index in [9.17, 15) is 0 Å². The van der Waals surface area contributed by atoms with Crippen LogP contribution in [0, 0.1) is 6.92 Å². The van der Waals surface area contributed by atoms with Crippen molar-refractivity contribution >= 4 is 23.5 Å². The molecule has 128 valence electrons. The lowest BCUT2D eigenvalue weighted by molar-refractivity contribution is 0.789. The molecule has 3 aromatic rings. The predicted octanol–water partition coefficient (Wildman–Crippen LogP) is 4.20. The molecule has 3 rings (SSSR count). The molecule has 2 aromatic carbocycles. The van der Waals surface area contributed by atoms with Crippen LogP contribution in [0.25, 0.3) is 0 Å². The van der Waals surface area contributed by atoms with Crippen LogP contribution in [0.3, 0.4) is 0 Å². The predicted molar refractivity (Wildman–Crippen MR) is 105 cm³/mol. The third kappa shape index (κ3) is 3.88. The zero-order valence-electron chi connectivity index (χ0n) is 14.8. The topological polar surface area (TPSA) is 59.4 Å². The van der Waals surface area contributed by atoms with Crippen molar-refractivity contribution in [2.45, 2.75) is 26.8 Å². The Hall–Kier alpha value is -3.08. The minimum Gasteiger partial charge on any atom is -0.368 e. The molecule has 0 fully saturated rings. The van der Waals surface area contributed by atoms with Gasteiger partial charge in [-0.2, -0.15) is 5.10 Å². The quantitative estimate of drug-likeness (QED) is 0.712. The maximum Gasteiger partial charge on any atom is 0.221 e. The van der Waals surface area contributed by atoms with Gasteiger partial charge in [-0.1, -0.05) is 30.3 Å². The van der Waals surface area contributed by atoms with Crippen molar-refractivity contribution in [3.63, 3.8) is 0 Å². The number of nitrogen functional groups attached to an aromatic ring is 1. The lowest BCUT2D eigenvalue weighted by Gasteiger charge is -2.29. The number of nitrogens with two attached hydrogens (primary N) is 1. The monoisotopic (exact) mass is 333 g/mol. The van der Waals surface area contributed by atoms with Crippen molar-refractivity contribution in [2.24, 2.45) is 5.10 Å². The molecule has 0 aliphatic rings. The van der Waals surface area contributed by atoms with E-state index in [1.54, 1.807) is 17.1 Å². The average molecular weight is 333 g/mol. The minimum absolute atomic E-state index is 0.357. The van der Waals surface area contributed by atoms with Crippen molar-refractivity contribution in [2.75, 3.05) is 10.6 Å². The Balaban J connectivity index is 1.82. The number of aromatic nitrogens is 2. The Morgan fingerprint density at radius 2 is 1.68 bits per heavy atom. The van der Waals surface area contributed by atoms with Gasteiger partial charge in [0.05, 0.1) is 18.1 Å². The van der Waals surface area contributed by atoms with Crippen molar-refractivity contribution in [3.05, 3.63) is 72.1 Å². The van der Waals surface area contributed by atoms with E-state index in [1.165, 1.54) is 5.69 Å². The number of rotatable bonds is 5. The van der Waals surface area contributed by atoms with Crippen LogP contribution in [0.2, 0.25) is 0 Å². The van der Waals surface area contributed by atoms with E-state index >= 15 is 0 Å². The molecular formula is C20H23N5. The van der Waals surface area contributed by atoms with E-state index in [4.69, 9.17) is 5.73 Å². The first-order valence-electron chi connectivity index (χ1n) is 8.35. The first-order valence-corrected chi connectivity index (χ1v) is 8.35. The maximum atomic E-state index is 5.80. The van der Waals surface area contributed by atoms with Crippen molar-refractivity contribution in [1.29, 1.82) is 0 Å².